The van der Waals surface area contributed by atoms with E-state index >= 15 is 0 Å². The molecule has 2 heteroatoms. The molecule has 2 aliphatic heterocycles. The number of hydrogen-bond acceptors (Lipinski definition) is 2. The van der Waals surface area contributed by atoms with Gasteiger partial charge in [0, 0.05) is 0 Å². The average molecular weight is 295 g/mol. The minimum Gasteiger partial charge on any atom is -0.485 e. The summed E-state index contributed by atoms with van der Waals surface area (Å²) in [5.41, 5.74) is 2.60. The van der Waals surface area contributed by atoms with Crippen molar-refractivity contribution in [1.82, 2.24) is 5.32 Å². The van der Waals surface area contributed by atoms with Crippen molar-refractivity contribution >= 4 is 0 Å². The van der Waals surface area contributed by atoms with Crippen LogP contribution < -0.4 is 10.1 Å². The number of ether oxygens (including phenoxy) is 1. The molecule has 0 spiro atoms. The first-order valence-electron chi connectivity index (χ1n) is 8.44. The molecule has 1 N–H and O–H groups in total. The Morgan fingerprint density at radius 1 is 0.818 bits per heavy atom. The highest BCUT2D eigenvalue weighted by Crippen LogP contribution is 2.34. The maximum Gasteiger partial charge on any atom is 0.124 e. The van der Waals surface area contributed by atoms with Crippen molar-refractivity contribution in [3.8, 4) is 5.75 Å². The Morgan fingerprint density at radius 3 is 2.23 bits per heavy atom. The van der Waals surface area contributed by atoms with Crippen molar-refractivity contribution in [3.05, 3.63) is 65.7 Å². The summed E-state index contributed by atoms with van der Waals surface area (Å²) in [5, 5.41) is 3.28. The van der Waals surface area contributed by atoms with E-state index in [-0.39, 0.29) is 6.10 Å². The Kier molecular flexibility index (Phi) is 5.49. The number of rotatable bonds is 1. The molecule has 0 amide bonds. The molecule has 1 saturated heterocycles. The highest BCUT2D eigenvalue weighted by Gasteiger charge is 2.20. The smallest absolute Gasteiger partial charge is 0.124 e. The molecule has 0 bridgehead atoms. The molecule has 0 aliphatic carbocycles. The second kappa shape index (κ2) is 8.00. The fraction of sp³-hybridized carbons (Fsp3) is 0.400. The van der Waals surface area contributed by atoms with Gasteiger partial charge in [-0.3, -0.25) is 0 Å². The van der Waals surface area contributed by atoms with Gasteiger partial charge in [-0.15, -0.1) is 0 Å². The number of hydrogen-bond donors (Lipinski definition) is 1. The van der Waals surface area contributed by atoms with Gasteiger partial charge in [0.15, 0.2) is 0 Å². The number of nitrogens with one attached hydrogen (secondary N) is 1. The first-order chi connectivity index (χ1) is 10.9. The Hall–Kier alpha value is -1.80. The minimum atomic E-state index is 0.219. The van der Waals surface area contributed by atoms with E-state index in [1.807, 2.05) is 12.1 Å². The van der Waals surface area contributed by atoms with Crippen molar-refractivity contribution in [2.75, 3.05) is 13.1 Å². The Balaban J connectivity index is 0.000000202. The predicted octanol–water partition coefficient (Wildman–Crippen LogP) is 4.51. The van der Waals surface area contributed by atoms with Crippen LogP contribution in [0.2, 0.25) is 0 Å². The molecule has 0 radical (unpaired) electrons. The van der Waals surface area contributed by atoms with E-state index in [1.165, 1.54) is 43.5 Å². The van der Waals surface area contributed by atoms with Crippen LogP contribution in [0.3, 0.4) is 0 Å². The van der Waals surface area contributed by atoms with Gasteiger partial charge >= 0.3 is 0 Å². The summed E-state index contributed by atoms with van der Waals surface area (Å²) in [6.45, 7) is 2.50. The third-order valence-corrected chi connectivity index (χ3v) is 4.30. The standard InChI is InChI=1S/C15H14O.C5H11N/c1-2-6-12(7-3-1)15-11-10-13-8-4-5-9-14(13)16-15;1-2-4-6-5-3-1/h1-9,15H,10-11H2;6H,1-5H2. The van der Waals surface area contributed by atoms with Gasteiger partial charge in [-0.05, 0) is 56.0 Å². The van der Waals surface area contributed by atoms with Crippen molar-refractivity contribution < 1.29 is 4.74 Å². The quantitative estimate of drug-likeness (QED) is 0.835. The first-order valence-corrected chi connectivity index (χ1v) is 8.44. The van der Waals surface area contributed by atoms with E-state index in [0.717, 1.165) is 18.6 Å². The van der Waals surface area contributed by atoms with E-state index in [0.29, 0.717) is 0 Å². The van der Waals surface area contributed by atoms with Gasteiger partial charge in [0.2, 0.25) is 0 Å². The molecular formula is C20H25NO. The van der Waals surface area contributed by atoms with Gasteiger partial charge in [0.25, 0.3) is 0 Å². The molecule has 2 heterocycles. The van der Waals surface area contributed by atoms with Crippen LogP contribution in [-0.2, 0) is 6.42 Å². The summed E-state index contributed by atoms with van der Waals surface area (Å²) in [7, 11) is 0. The summed E-state index contributed by atoms with van der Waals surface area (Å²) < 4.78 is 6.02. The number of benzene rings is 2. The largest absolute Gasteiger partial charge is 0.485 e. The van der Waals surface area contributed by atoms with E-state index in [9.17, 15) is 0 Å². The van der Waals surface area contributed by atoms with Gasteiger partial charge < -0.3 is 10.1 Å². The average Bonchev–Trinajstić information content (AvgIpc) is 2.64. The molecule has 1 atom stereocenters. The first kappa shape index (κ1) is 15.1. The van der Waals surface area contributed by atoms with Crippen LogP contribution in [0.15, 0.2) is 54.6 Å². The monoisotopic (exact) mass is 295 g/mol. The molecule has 22 heavy (non-hydrogen) atoms. The zero-order chi connectivity index (χ0) is 15.0. The molecule has 4 rings (SSSR count). The van der Waals surface area contributed by atoms with Gasteiger partial charge in [-0.25, -0.2) is 0 Å². The highest BCUT2D eigenvalue weighted by atomic mass is 16.5. The lowest BCUT2D eigenvalue weighted by atomic mass is 9.98. The molecule has 1 unspecified atom stereocenters. The fourth-order valence-electron chi connectivity index (χ4n) is 3.03. The molecule has 2 aromatic carbocycles. The SMILES string of the molecule is C1CCNCC1.c1ccc(C2CCc3ccccc3O2)cc1. The van der Waals surface area contributed by atoms with Crippen LogP contribution in [0.25, 0.3) is 0 Å². The summed E-state index contributed by atoms with van der Waals surface area (Å²) >= 11 is 0. The maximum atomic E-state index is 6.02. The van der Waals surface area contributed by atoms with E-state index in [2.05, 4.69) is 47.8 Å². The summed E-state index contributed by atoms with van der Waals surface area (Å²) in [5.74, 6) is 1.04. The molecule has 2 nitrogen and oxygen atoms in total. The Bertz CT molecular complexity index is 551. The van der Waals surface area contributed by atoms with Crippen LogP contribution in [0.5, 0.6) is 5.75 Å². The van der Waals surface area contributed by atoms with E-state index in [4.69, 9.17) is 4.74 Å². The third-order valence-electron chi connectivity index (χ3n) is 4.30. The van der Waals surface area contributed by atoms with Crippen LogP contribution in [0.1, 0.15) is 42.9 Å². The maximum absolute atomic E-state index is 6.02. The summed E-state index contributed by atoms with van der Waals surface area (Å²) in [4.78, 5) is 0. The molecule has 1 fully saturated rings. The molecule has 0 saturated carbocycles. The number of aryl methyl sites for hydroxylation is 1. The second-order valence-electron chi connectivity index (χ2n) is 5.97. The zero-order valence-corrected chi connectivity index (χ0v) is 13.1. The normalized spacial score (nSPS) is 20.1. The highest BCUT2D eigenvalue weighted by molar-refractivity contribution is 5.36. The van der Waals surface area contributed by atoms with Crippen molar-refractivity contribution in [1.29, 1.82) is 0 Å². The molecule has 2 aromatic rings. The van der Waals surface area contributed by atoms with Crippen LogP contribution >= 0.6 is 0 Å². The van der Waals surface area contributed by atoms with Crippen LogP contribution in [0, 0.1) is 0 Å². The van der Waals surface area contributed by atoms with Gasteiger partial charge in [0.05, 0.1) is 0 Å². The van der Waals surface area contributed by atoms with Gasteiger partial charge in [0.1, 0.15) is 11.9 Å². The van der Waals surface area contributed by atoms with Crippen molar-refractivity contribution in [3.63, 3.8) is 0 Å². The minimum absolute atomic E-state index is 0.219. The lowest BCUT2D eigenvalue weighted by molar-refractivity contribution is 0.176. The number of para-hydroxylation sites is 1. The lowest BCUT2D eigenvalue weighted by Crippen LogP contribution is -2.21. The molecule has 2 aliphatic rings. The van der Waals surface area contributed by atoms with Gasteiger partial charge in [-0.1, -0.05) is 55.0 Å². The fourth-order valence-corrected chi connectivity index (χ4v) is 3.03. The Morgan fingerprint density at radius 2 is 1.55 bits per heavy atom. The van der Waals surface area contributed by atoms with E-state index < -0.39 is 0 Å². The zero-order valence-electron chi connectivity index (χ0n) is 13.1. The lowest BCUT2D eigenvalue weighted by Gasteiger charge is -2.26. The predicted molar refractivity (Wildman–Crippen MR) is 91.3 cm³/mol. The van der Waals surface area contributed by atoms with Crippen LogP contribution in [0.4, 0.5) is 0 Å². The van der Waals surface area contributed by atoms with E-state index in [1.54, 1.807) is 0 Å². The van der Waals surface area contributed by atoms with Crippen molar-refractivity contribution in [2.24, 2.45) is 0 Å². The molecule has 116 valence electrons. The Labute approximate surface area is 133 Å². The summed E-state index contributed by atoms with van der Waals surface area (Å²) in [6.07, 6.45) is 6.61. The van der Waals surface area contributed by atoms with Crippen LogP contribution in [-0.4, -0.2) is 13.1 Å². The summed E-state index contributed by atoms with van der Waals surface area (Å²) in [6, 6.07) is 18.8. The molecule has 0 aromatic heterocycles. The number of piperidine rings is 1. The number of fused-ring (bicyclic) bond motifs is 1. The third kappa shape index (κ3) is 4.11. The topological polar surface area (TPSA) is 21.3 Å². The molecular weight excluding hydrogens is 270 g/mol. The van der Waals surface area contributed by atoms with Crippen molar-refractivity contribution in [2.45, 2.75) is 38.2 Å². The van der Waals surface area contributed by atoms with Gasteiger partial charge in [-0.2, -0.15) is 0 Å². The second-order valence-corrected chi connectivity index (χ2v) is 5.97.